The molecule has 0 aliphatic heterocycles. The number of unbranched alkanes of at least 4 members (excludes halogenated alkanes) is 13. The van der Waals surface area contributed by atoms with Gasteiger partial charge in [-0.25, -0.2) is 0 Å². The first-order valence-corrected chi connectivity index (χ1v) is 23.1. The highest BCUT2D eigenvalue weighted by atomic mass is 16.6. The van der Waals surface area contributed by atoms with E-state index >= 15 is 0 Å². The maximum Gasteiger partial charge on any atom is 0.306 e. The van der Waals surface area contributed by atoms with Crippen LogP contribution >= 0.6 is 0 Å². The molecule has 0 aliphatic rings. The number of hydrogen-bond acceptors (Lipinski definition) is 6. The van der Waals surface area contributed by atoms with Crippen LogP contribution in [0, 0.1) is 0 Å². The van der Waals surface area contributed by atoms with Crippen molar-refractivity contribution in [3.8, 4) is 0 Å². The van der Waals surface area contributed by atoms with Crippen LogP contribution in [0.2, 0.25) is 0 Å². The molecular formula is C53H82O6. The molecule has 0 rings (SSSR count). The maximum atomic E-state index is 12.7. The van der Waals surface area contributed by atoms with Crippen molar-refractivity contribution in [1.82, 2.24) is 0 Å². The largest absolute Gasteiger partial charge is 0.462 e. The first kappa shape index (κ1) is 54.8. The average molecular weight is 815 g/mol. The van der Waals surface area contributed by atoms with Crippen LogP contribution < -0.4 is 0 Å². The summed E-state index contributed by atoms with van der Waals surface area (Å²) in [5.41, 5.74) is 0. The average Bonchev–Trinajstić information content (AvgIpc) is 3.23. The molecule has 1 unspecified atom stereocenters. The van der Waals surface area contributed by atoms with Gasteiger partial charge in [0.2, 0.25) is 0 Å². The van der Waals surface area contributed by atoms with E-state index in [1.807, 2.05) is 60.8 Å². The summed E-state index contributed by atoms with van der Waals surface area (Å²) in [5, 5.41) is 0. The second kappa shape index (κ2) is 46.5. The van der Waals surface area contributed by atoms with E-state index in [-0.39, 0.29) is 31.1 Å². The molecule has 0 N–H and O–H groups in total. The molecule has 0 aromatic heterocycles. The summed E-state index contributed by atoms with van der Waals surface area (Å²) in [6, 6.07) is 0. The summed E-state index contributed by atoms with van der Waals surface area (Å²) in [4.78, 5) is 37.8. The summed E-state index contributed by atoms with van der Waals surface area (Å²) >= 11 is 0. The number of carbonyl (C=O) groups excluding carboxylic acids is 3. The summed E-state index contributed by atoms with van der Waals surface area (Å²) in [7, 11) is 0. The van der Waals surface area contributed by atoms with Gasteiger partial charge in [-0.3, -0.25) is 14.4 Å². The van der Waals surface area contributed by atoms with Crippen LogP contribution in [-0.2, 0) is 28.6 Å². The monoisotopic (exact) mass is 815 g/mol. The van der Waals surface area contributed by atoms with Gasteiger partial charge in [0.15, 0.2) is 6.10 Å². The minimum Gasteiger partial charge on any atom is -0.462 e. The Morgan fingerprint density at radius 2 is 0.695 bits per heavy atom. The lowest BCUT2D eigenvalue weighted by molar-refractivity contribution is -0.167. The number of rotatable bonds is 39. The predicted molar refractivity (Wildman–Crippen MR) is 251 cm³/mol. The normalized spacial score (nSPS) is 13.2. The summed E-state index contributed by atoms with van der Waals surface area (Å²) < 4.78 is 16.7. The SMILES string of the molecule is CC\C=C/C=C\C=C/C=C\C=C\C=C/CCCCCC(=O)OCC(COC(=O)CCCCCCC/C=C\C/C=C\CC)OC(=O)CCCCCCC/C=C\C/C=C\CC. The number of ether oxygens (including phenoxy) is 3. The topological polar surface area (TPSA) is 78.9 Å². The van der Waals surface area contributed by atoms with Crippen molar-refractivity contribution in [3.63, 3.8) is 0 Å². The van der Waals surface area contributed by atoms with Gasteiger partial charge in [-0.2, -0.15) is 0 Å². The molecule has 0 heterocycles. The first-order chi connectivity index (χ1) is 29.0. The first-order valence-electron chi connectivity index (χ1n) is 23.1. The van der Waals surface area contributed by atoms with E-state index in [1.54, 1.807) is 0 Å². The number of carbonyl (C=O) groups is 3. The molecule has 0 saturated carbocycles. The lowest BCUT2D eigenvalue weighted by Crippen LogP contribution is -2.30. The van der Waals surface area contributed by atoms with Crippen LogP contribution in [0.15, 0.2) is 122 Å². The molecule has 0 saturated heterocycles. The molecule has 0 aliphatic carbocycles. The minimum atomic E-state index is -0.811. The van der Waals surface area contributed by atoms with Crippen LogP contribution in [0.5, 0.6) is 0 Å². The molecule has 0 aromatic rings. The summed E-state index contributed by atoms with van der Waals surface area (Å²) in [6.07, 6.45) is 63.2. The van der Waals surface area contributed by atoms with Crippen molar-refractivity contribution in [3.05, 3.63) is 122 Å². The van der Waals surface area contributed by atoms with Gasteiger partial charge < -0.3 is 14.2 Å². The van der Waals surface area contributed by atoms with Crippen molar-refractivity contribution < 1.29 is 28.6 Å². The molecule has 0 spiro atoms. The molecule has 0 aromatic carbocycles. The molecule has 0 bridgehead atoms. The molecule has 0 radical (unpaired) electrons. The Morgan fingerprint density at radius 3 is 1.15 bits per heavy atom. The summed E-state index contributed by atoms with van der Waals surface area (Å²) in [6.45, 7) is 6.17. The fraction of sp³-hybridized carbons (Fsp3) is 0.566. The van der Waals surface area contributed by atoms with Gasteiger partial charge in [-0.05, 0) is 89.9 Å². The van der Waals surface area contributed by atoms with Crippen molar-refractivity contribution in [2.75, 3.05) is 13.2 Å². The van der Waals surface area contributed by atoms with Gasteiger partial charge in [-0.1, -0.05) is 187 Å². The third-order valence-corrected chi connectivity index (χ3v) is 9.10. The Bertz CT molecular complexity index is 1300. The van der Waals surface area contributed by atoms with E-state index in [0.29, 0.717) is 19.3 Å². The molecule has 6 nitrogen and oxygen atoms in total. The highest BCUT2D eigenvalue weighted by Crippen LogP contribution is 2.12. The fourth-order valence-corrected chi connectivity index (χ4v) is 5.72. The highest BCUT2D eigenvalue weighted by Gasteiger charge is 2.19. The lowest BCUT2D eigenvalue weighted by Gasteiger charge is -2.18. The summed E-state index contributed by atoms with van der Waals surface area (Å²) in [5.74, 6) is -0.998. The van der Waals surface area contributed by atoms with Crippen molar-refractivity contribution in [1.29, 1.82) is 0 Å². The van der Waals surface area contributed by atoms with Gasteiger partial charge in [0, 0.05) is 19.3 Å². The Morgan fingerprint density at radius 1 is 0.356 bits per heavy atom. The lowest BCUT2D eigenvalue weighted by atomic mass is 10.1. The molecular weight excluding hydrogens is 733 g/mol. The van der Waals surface area contributed by atoms with Crippen LogP contribution in [0.25, 0.3) is 0 Å². The molecule has 330 valence electrons. The van der Waals surface area contributed by atoms with E-state index in [1.165, 1.54) is 0 Å². The van der Waals surface area contributed by atoms with Crippen LogP contribution in [0.4, 0.5) is 0 Å². The zero-order valence-electron chi connectivity index (χ0n) is 37.5. The molecule has 0 fully saturated rings. The Hall–Kier alpha value is -4.19. The highest BCUT2D eigenvalue weighted by molar-refractivity contribution is 5.71. The Kier molecular flexibility index (Phi) is 43.2. The smallest absolute Gasteiger partial charge is 0.306 e. The van der Waals surface area contributed by atoms with E-state index in [9.17, 15) is 14.4 Å². The van der Waals surface area contributed by atoms with Crippen molar-refractivity contribution in [2.45, 2.75) is 181 Å². The third kappa shape index (κ3) is 44.8. The predicted octanol–water partition coefficient (Wildman–Crippen LogP) is 15.0. The maximum absolute atomic E-state index is 12.7. The minimum absolute atomic E-state index is 0.110. The van der Waals surface area contributed by atoms with Gasteiger partial charge in [0.25, 0.3) is 0 Å². The fourth-order valence-electron chi connectivity index (χ4n) is 5.72. The molecule has 59 heavy (non-hydrogen) atoms. The van der Waals surface area contributed by atoms with Crippen molar-refractivity contribution in [2.24, 2.45) is 0 Å². The van der Waals surface area contributed by atoms with Crippen LogP contribution in [0.1, 0.15) is 175 Å². The van der Waals surface area contributed by atoms with E-state index in [2.05, 4.69) is 81.5 Å². The number of hydrogen-bond donors (Lipinski definition) is 0. The van der Waals surface area contributed by atoms with Crippen LogP contribution in [0.3, 0.4) is 0 Å². The molecule has 1 atom stereocenters. The standard InChI is InChI=1S/C53H82O6/c1-4-7-10-13-16-19-22-25-26-27-28-29-32-34-37-40-43-46-52(55)58-49-50(59-53(56)47-44-41-38-35-31-24-21-18-15-12-9-6-3)48-57-51(54)45-42-39-36-33-30-23-20-17-14-11-8-5-2/h7-13,16-22,25-29,32,50H,4-6,14-15,23-24,30-31,33-49H2,1-3H3/b10-7-,11-8-,12-9-,16-13-,20-17-,21-18-,22-19-,26-25-,28-27+,32-29-. The second-order valence-corrected chi connectivity index (χ2v) is 14.7. The quantitative estimate of drug-likeness (QED) is 0.0202. The Balaban J connectivity index is 4.54. The van der Waals surface area contributed by atoms with E-state index in [4.69, 9.17) is 14.2 Å². The number of allylic oxidation sites excluding steroid dienone is 20. The zero-order valence-corrected chi connectivity index (χ0v) is 37.5. The van der Waals surface area contributed by atoms with E-state index < -0.39 is 6.10 Å². The van der Waals surface area contributed by atoms with E-state index in [0.717, 1.165) is 135 Å². The second-order valence-electron chi connectivity index (χ2n) is 14.7. The Labute approximate surface area is 361 Å². The van der Waals surface area contributed by atoms with Crippen molar-refractivity contribution >= 4 is 17.9 Å². The molecule has 6 heteroatoms. The van der Waals surface area contributed by atoms with Gasteiger partial charge in [-0.15, -0.1) is 0 Å². The van der Waals surface area contributed by atoms with Gasteiger partial charge in [0.05, 0.1) is 0 Å². The number of esters is 3. The van der Waals surface area contributed by atoms with Gasteiger partial charge >= 0.3 is 17.9 Å². The molecule has 0 amide bonds. The zero-order chi connectivity index (χ0) is 43.0. The third-order valence-electron chi connectivity index (χ3n) is 9.10. The van der Waals surface area contributed by atoms with Crippen LogP contribution in [-0.4, -0.2) is 37.2 Å². The van der Waals surface area contributed by atoms with Gasteiger partial charge in [0.1, 0.15) is 13.2 Å².